The number of carboxylic acid groups (broad SMARTS) is 1. The van der Waals surface area contributed by atoms with Gasteiger partial charge in [-0.2, -0.15) is 12.6 Å². The van der Waals surface area contributed by atoms with Crippen molar-refractivity contribution >= 4 is 36.3 Å². The normalized spacial score (nSPS) is 15.5. The highest BCUT2D eigenvalue weighted by molar-refractivity contribution is 7.80. The van der Waals surface area contributed by atoms with Gasteiger partial charge in [0, 0.05) is 5.75 Å². The summed E-state index contributed by atoms with van der Waals surface area (Å²) in [6, 6.07) is -4.40. The minimum absolute atomic E-state index is 0.0403. The van der Waals surface area contributed by atoms with Crippen LogP contribution in [0.4, 0.5) is 0 Å². The lowest BCUT2D eigenvalue weighted by Gasteiger charge is -2.26. The third kappa shape index (κ3) is 8.89. The van der Waals surface area contributed by atoms with Crippen LogP contribution in [0.25, 0.3) is 0 Å². The summed E-state index contributed by atoms with van der Waals surface area (Å²) in [5, 5.41) is 25.8. The molecular formula is C17H32N4O6S. The highest BCUT2D eigenvalue weighted by Gasteiger charge is 2.31. The Hall–Kier alpha value is -1.85. The van der Waals surface area contributed by atoms with Crippen LogP contribution in [0, 0.1) is 11.8 Å². The number of carboxylic acids is 1. The van der Waals surface area contributed by atoms with Gasteiger partial charge in [-0.25, -0.2) is 4.79 Å². The van der Waals surface area contributed by atoms with E-state index in [0.29, 0.717) is 0 Å². The van der Waals surface area contributed by atoms with Crippen molar-refractivity contribution < 1.29 is 29.4 Å². The molecule has 0 aliphatic carbocycles. The Kier molecular flexibility index (Phi) is 11.7. The molecule has 0 spiro atoms. The number of hydrogen-bond donors (Lipinski definition) is 7. The van der Waals surface area contributed by atoms with Crippen molar-refractivity contribution in [3.05, 3.63) is 0 Å². The van der Waals surface area contributed by atoms with Crippen LogP contribution in [0.3, 0.4) is 0 Å². The Morgan fingerprint density at radius 1 is 0.929 bits per heavy atom. The predicted octanol–water partition coefficient (Wildman–Crippen LogP) is -1.52. The Labute approximate surface area is 170 Å². The summed E-state index contributed by atoms with van der Waals surface area (Å²) in [5.41, 5.74) is 5.52. The van der Waals surface area contributed by atoms with Crippen LogP contribution in [0.15, 0.2) is 0 Å². The molecule has 0 fully saturated rings. The maximum atomic E-state index is 12.5. The summed E-state index contributed by atoms with van der Waals surface area (Å²) >= 11 is 3.89. The molecule has 0 heterocycles. The molecule has 0 radical (unpaired) electrons. The molecule has 0 aromatic rings. The highest BCUT2D eigenvalue weighted by atomic mass is 32.1. The van der Waals surface area contributed by atoms with Gasteiger partial charge < -0.3 is 31.9 Å². The molecule has 28 heavy (non-hydrogen) atoms. The number of amides is 3. The second kappa shape index (κ2) is 12.6. The number of nitrogens with two attached hydrogens (primary N) is 1. The van der Waals surface area contributed by atoms with Gasteiger partial charge in [0.05, 0.1) is 12.6 Å². The maximum Gasteiger partial charge on any atom is 0.326 e. The zero-order valence-corrected chi connectivity index (χ0v) is 17.5. The van der Waals surface area contributed by atoms with Crippen molar-refractivity contribution in [3.63, 3.8) is 0 Å². The van der Waals surface area contributed by atoms with E-state index < -0.39 is 54.5 Å². The largest absolute Gasteiger partial charge is 0.480 e. The predicted molar refractivity (Wildman–Crippen MR) is 107 cm³/mol. The maximum absolute atomic E-state index is 12.5. The lowest BCUT2D eigenvalue weighted by molar-refractivity contribution is -0.143. The summed E-state index contributed by atoms with van der Waals surface area (Å²) in [5.74, 6) is -3.56. The lowest BCUT2D eigenvalue weighted by Crippen LogP contribution is -2.59. The minimum Gasteiger partial charge on any atom is -0.480 e. The molecule has 162 valence electrons. The van der Waals surface area contributed by atoms with E-state index in [1.54, 1.807) is 13.8 Å². The van der Waals surface area contributed by atoms with Gasteiger partial charge in [-0.1, -0.05) is 27.7 Å². The van der Waals surface area contributed by atoms with E-state index in [0.717, 1.165) is 0 Å². The van der Waals surface area contributed by atoms with E-state index in [2.05, 4.69) is 28.6 Å². The number of thiol groups is 1. The average Bonchev–Trinajstić information content (AvgIpc) is 2.61. The molecule has 7 N–H and O–H groups in total. The number of carbonyl (C=O) groups excluding carboxylic acids is 3. The van der Waals surface area contributed by atoms with Crippen LogP contribution in [-0.2, 0) is 19.2 Å². The average molecular weight is 421 g/mol. The van der Waals surface area contributed by atoms with Crippen LogP contribution in [0.2, 0.25) is 0 Å². The van der Waals surface area contributed by atoms with Crippen LogP contribution in [0.5, 0.6) is 0 Å². The first kappa shape index (κ1) is 26.1. The first-order valence-electron chi connectivity index (χ1n) is 9.05. The van der Waals surface area contributed by atoms with E-state index in [4.69, 9.17) is 5.73 Å². The van der Waals surface area contributed by atoms with Crippen molar-refractivity contribution in [1.29, 1.82) is 0 Å². The molecule has 0 saturated heterocycles. The van der Waals surface area contributed by atoms with Crippen LogP contribution < -0.4 is 21.7 Å². The SMILES string of the molecule is CC(C)CC(NC(=O)C(NC(=O)C(CO)NC(=O)C(N)CS)C(C)C)C(=O)O. The van der Waals surface area contributed by atoms with Gasteiger partial charge in [-0.3, -0.25) is 14.4 Å². The van der Waals surface area contributed by atoms with Gasteiger partial charge in [0.25, 0.3) is 0 Å². The number of aliphatic carboxylic acids is 1. The summed E-state index contributed by atoms with van der Waals surface area (Å²) < 4.78 is 0. The van der Waals surface area contributed by atoms with Gasteiger partial charge in [0.15, 0.2) is 0 Å². The van der Waals surface area contributed by atoms with Crippen molar-refractivity contribution in [3.8, 4) is 0 Å². The number of aliphatic hydroxyl groups is 1. The molecular weight excluding hydrogens is 388 g/mol. The van der Waals surface area contributed by atoms with Gasteiger partial charge in [-0.15, -0.1) is 0 Å². The van der Waals surface area contributed by atoms with Gasteiger partial charge >= 0.3 is 5.97 Å². The molecule has 0 saturated carbocycles. The first-order chi connectivity index (χ1) is 12.9. The molecule has 10 nitrogen and oxygen atoms in total. The van der Waals surface area contributed by atoms with Crippen LogP contribution in [-0.4, -0.2) is 70.4 Å². The van der Waals surface area contributed by atoms with Crippen molar-refractivity contribution in [1.82, 2.24) is 16.0 Å². The van der Waals surface area contributed by atoms with Crippen molar-refractivity contribution in [2.75, 3.05) is 12.4 Å². The zero-order chi connectivity index (χ0) is 22.0. The summed E-state index contributed by atoms with van der Waals surface area (Å²) in [6.45, 7) is 6.30. The van der Waals surface area contributed by atoms with Gasteiger partial charge in [0.2, 0.25) is 17.7 Å². The molecule has 4 atom stereocenters. The van der Waals surface area contributed by atoms with Crippen molar-refractivity contribution in [2.45, 2.75) is 58.3 Å². The molecule has 4 unspecified atom stereocenters. The third-order valence-corrected chi connectivity index (χ3v) is 4.31. The Balaban J connectivity index is 5.16. The molecule has 0 rings (SSSR count). The number of nitrogens with one attached hydrogen (secondary N) is 3. The second-order valence-electron chi connectivity index (χ2n) is 7.29. The van der Waals surface area contributed by atoms with Crippen molar-refractivity contribution in [2.24, 2.45) is 17.6 Å². The highest BCUT2D eigenvalue weighted by Crippen LogP contribution is 2.08. The lowest BCUT2D eigenvalue weighted by atomic mass is 10.00. The molecule has 0 aromatic heterocycles. The number of rotatable bonds is 12. The second-order valence-corrected chi connectivity index (χ2v) is 7.66. The smallest absolute Gasteiger partial charge is 0.326 e. The van der Waals surface area contributed by atoms with E-state index >= 15 is 0 Å². The van der Waals surface area contributed by atoms with Crippen LogP contribution >= 0.6 is 12.6 Å². The third-order valence-electron chi connectivity index (χ3n) is 3.92. The fraction of sp³-hybridized carbons (Fsp3) is 0.765. The van der Waals surface area contributed by atoms with E-state index in [-0.39, 0.29) is 24.0 Å². The number of aliphatic hydroxyl groups excluding tert-OH is 1. The number of carbonyl (C=O) groups is 4. The molecule has 11 heteroatoms. The minimum atomic E-state index is -1.31. The Morgan fingerprint density at radius 2 is 1.46 bits per heavy atom. The van der Waals surface area contributed by atoms with Gasteiger partial charge in [-0.05, 0) is 18.3 Å². The molecule has 0 bridgehead atoms. The topological polar surface area (TPSA) is 171 Å². The molecule has 3 amide bonds. The fourth-order valence-electron chi connectivity index (χ4n) is 2.30. The molecule has 0 aromatic carbocycles. The summed E-state index contributed by atoms with van der Waals surface area (Å²) in [6.07, 6.45) is 0.233. The number of hydrogen-bond acceptors (Lipinski definition) is 7. The Bertz CT molecular complexity index is 558. The quantitative estimate of drug-likeness (QED) is 0.188. The van der Waals surface area contributed by atoms with E-state index in [9.17, 15) is 29.4 Å². The fourth-order valence-corrected chi connectivity index (χ4v) is 2.46. The van der Waals surface area contributed by atoms with Gasteiger partial charge in [0.1, 0.15) is 18.1 Å². The molecule has 0 aliphatic rings. The standard InChI is InChI=1S/C17H32N4O6S/c1-8(2)5-11(17(26)27)19-16(25)13(9(3)4)21-15(24)12(6-22)20-14(23)10(18)7-28/h8-13,22,28H,5-7,18H2,1-4H3,(H,19,25)(H,20,23)(H,21,24)(H,26,27). The Morgan fingerprint density at radius 3 is 1.86 bits per heavy atom. The molecule has 0 aliphatic heterocycles. The van der Waals surface area contributed by atoms with E-state index in [1.807, 2.05) is 13.8 Å². The monoisotopic (exact) mass is 420 g/mol. The first-order valence-corrected chi connectivity index (χ1v) is 9.68. The summed E-state index contributed by atoms with van der Waals surface area (Å²) in [7, 11) is 0. The zero-order valence-electron chi connectivity index (χ0n) is 16.6. The van der Waals surface area contributed by atoms with Crippen LogP contribution in [0.1, 0.15) is 34.1 Å². The summed E-state index contributed by atoms with van der Waals surface area (Å²) in [4.78, 5) is 48.1. The van der Waals surface area contributed by atoms with E-state index in [1.165, 1.54) is 0 Å².